The summed E-state index contributed by atoms with van der Waals surface area (Å²) in [5.41, 5.74) is 7.26. The van der Waals surface area contributed by atoms with Gasteiger partial charge in [0.25, 0.3) is 0 Å². The van der Waals surface area contributed by atoms with Crippen LogP contribution in [0.15, 0.2) is 24.3 Å². The molecule has 0 heterocycles. The molecule has 1 rings (SSSR count). The Kier molecular flexibility index (Phi) is 7.46. The van der Waals surface area contributed by atoms with Crippen molar-refractivity contribution in [2.24, 2.45) is 5.73 Å². The Balaban J connectivity index is 2.52. The summed E-state index contributed by atoms with van der Waals surface area (Å²) in [6.45, 7) is 6.45. The molecule has 0 bridgehead atoms. The summed E-state index contributed by atoms with van der Waals surface area (Å²) in [4.78, 5) is 0. The molecule has 0 aliphatic heterocycles. The summed E-state index contributed by atoms with van der Waals surface area (Å²) in [6.07, 6.45) is 2.88. The van der Waals surface area contributed by atoms with Crippen LogP contribution in [-0.4, -0.2) is 19.8 Å². The summed E-state index contributed by atoms with van der Waals surface area (Å²) < 4.78 is 11.2. The van der Waals surface area contributed by atoms with Crippen LogP contribution in [0.4, 0.5) is 0 Å². The fourth-order valence-corrected chi connectivity index (χ4v) is 1.74. The van der Waals surface area contributed by atoms with Crippen molar-refractivity contribution in [1.82, 2.24) is 0 Å². The van der Waals surface area contributed by atoms with E-state index >= 15 is 0 Å². The van der Waals surface area contributed by atoms with Crippen LogP contribution in [0.25, 0.3) is 0 Å². The molecule has 0 spiro atoms. The van der Waals surface area contributed by atoms with Crippen molar-refractivity contribution >= 4 is 0 Å². The molecule has 0 saturated heterocycles. The number of rotatable bonds is 9. The number of ether oxygens (including phenoxy) is 2. The van der Waals surface area contributed by atoms with Gasteiger partial charge in [-0.3, -0.25) is 0 Å². The Hall–Kier alpha value is -1.06. The fourth-order valence-electron chi connectivity index (χ4n) is 1.74. The van der Waals surface area contributed by atoms with Crippen molar-refractivity contribution in [2.75, 3.05) is 19.8 Å². The van der Waals surface area contributed by atoms with E-state index in [2.05, 4.69) is 13.8 Å². The molecule has 1 aromatic carbocycles. The number of hydrogen-bond donors (Lipinski definition) is 1. The molecule has 1 unspecified atom stereocenters. The third-order valence-corrected chi connectivity index (χ3v) is 2.70. The van der Waals surface area contributed by atoms with E-state index in [0.29, 0.717) is 6.61 Å². The summed E-state index contributed by atoms with van der Waals surface area (Å²) in [7, 11) is 0. The lowest BCUT2D eigenvalue weighted by atomic mass is 10.0. The Morgan fingerprint density at radius 3 is 2.50 bits per heavy atom. The molecule has 18 heavy (non-hydrogen) atoms. The molecule has 0 amide bonds. The van der Waals surface area contributed by atoms with Crippen molar-refractivity contribution in [1.29, 1.82) is 0 Å². The third-order valence-electron chi connectivity index (χ3n) is 2.70. The van der Waals surface area contributed by atoms with Crippen LogP contribution in [0.5, 0.6) is 5.75 Å². The van der Waals surface area contributed by atoms with E-state index in [-0.39, 0.29) is 6.04 Å². The van der Waals surface area contributed by atoms with Gasteiger partial charge in [0.05, 0.1) is 6.61 Å². The summed E-state index contributed by atoms with van der Waals surface area (Å²) in [5.74, 6) is 0.905. The molecule has 3 heteroatoms. The van der Waals surface area contributed by atoms with Crippen molar-refractivity contribution in [3.63, 3.8) is 0 Å². The zero-order valence-corrected chi connectivity index (χ0v) is 11.5. The Bertz CT molecular complexity index is 328. The first kappa shape index (κ1) is 15.0. The zero-order chi connectivity index (χ0) is 13.2. The minimum atomic E-state index is -0.0186. The Labute approximate surface area is 110 Å². The minimum absolute atomic E-state index is 0.0186. The van der Waals surface area contributed by atoms with E-state index in [9.17, 15) is 0 Å². The van der Waals surface area contributed by atoms with Gasteiger partial charge < -0.3 is 15.2 Å². The van der Waals surface area contributed by atoms with Gasteiger partial charge in [-0.2, -0.15) is 0 Å². The second kappa shape index (κ2) is 8.95. The van der Waals surface area contributed by atoms with Gasteiger partial charge in [-0.15, -0.1) is 0 Å². The monoisotopic (exact) mass is 251 g/mol. The molecule has 2 N–H and O–H groups in total. The minimum Gasteiger partial charge on any atom is -0.493 e. The van der Waals surface area contributed by atoms with Crippen LogP contribution in [0, 0.1) is 0 Å². The molecule has 0 fully saturated rings. The lowest BCUT2D eigenvalue weighted by Gasteiger charge is -2.16. The van der Waals surface area contributed by atoms with Gasteiger partial charge in [-0.05, 0) is 25.3 Å². The first-order valence-corrected chi connectivity index (χ1v) is 6.84. The molecule has 1 atom stereocenters. The molecular formula is C15H25NO2. The standard InChI is InChI=1S/C15H25NO2/c1-3-10-17-12-9-14(16)13-7-5-6-8-15(13)18-11-4-2/h5-8,14H,3-4,9-12,16H2,1-2H3. The molecule has 102 valence electrons. The van der Waals surface area contributed by atoms with E-state index in [1.54, 1.807) is 0 Å². The average Bonchev–Trinajstić information content (AvgIpc) is 2.41. The van der Waals surface area contributed by atoms with Crippen LogP contribution >= 0.6 is 0 Å². The zero-order valence-electron chi connectivity index (χ0n) is 11.5. The molecule has 0 saturated carbocycles. The van der Waals surface area contributed by atoms with Crippen LogP contribution in [0.1, 0.15) is 44.7 Å². The highest BCUT2D eigenvalue weighted by molar-refractivity contribution is 5.35. The lowest BCUT2D eigenvalue weighted by molar-refractivity contribution is 0.127. The van der Waals surface area contributed by atoms with Gasteiger partial charge in [-0.25, -0.2) is 0 Å². The van der Waals surface area contributed by atoms with Gasteiger partial charge in [0.1, 0.15) is 5.75 Å². The van der Waals surface area contributed by atoms with Crippen molar-refractivity contribution < 1.29 is 9.47 Å². The first-order chi connectivity index (χ1) is 8.79. The largest absolute Gasteiger partial charge is 0.493 e. The Morgan fingerprint density at radius 2 is 1.78 bits per heavy atom. The number of para-hydroxylation sites is 1. The molecule has 3 nitrogen and oxygen atoms in total. The third kappa shape index (κ3) is 5.07. The highest BCUT2D eigenvalue weighted by Gasteiger charge is 2.11. The second-order valence-corrected chi connectivity index (χ2v) is 4.39. The quantitative estimate of drug-likeness (QED) is 0.685. The van der Waals surface area contributed by atoms with Gasteiger partial charge in [0.15, 0.2) is 0 Å². The van der Waals surface area contributed by atoms with E-state index < -0.39 is 0 Å². The van der Waals surface area contributed by atoms with Crippen molar-refractivity contribution in [3.05, 3.63) is 29.8 Å². The van der Waals surface area contributed by atoms with E-state index in [4.69, 9.17) is 15.2 Å². The normalized spacial score (nSPS) is 12.4. The van der Waals surface area contributed by atoms with Crippen LogP contribution in [0.3, 0.4) is 0 Å². The molecular weight excluding hydrogens is 226 g/mol. The van der Waals surface area contributed by atoms with Gasteiger partial charge >= 0.3 is 0 Å². The fraction of sp³-hybridized carbons (Fsp3) is 0.600. The predicted octanol–water partition coefficient (Wildman–Crippen LogP) is 3.29. The summed E-state index contributed by atoms with van der Waals surface area (Å²) >= 11 is 0. The average molecular weight is 251 g/mol. The predicted molar refractivity (Wildman–Crippen MR) is 74.9 cm³/mol. The van der Waals surface area contributed by atoms with Crippen LogP contribution in [0.2, 0.25) is 0 Å². The van der Waals surface area contributed by atoms with E-state index in [0.717, 1.165) is 43.8 Å². The van der Waals surface area contributed by atoms with Crippen LogP contribution < -0.4 is 10.5 Å². The maximum Gasteiger partial charge on any atom is 0.124 e. The molecule has 0 radical (unpaired) electrons. The van der Waals surface area contributed by atoms with Gasteiger partial charge in [0.2, 0.25) is 0 Å². The molecule has 0 aliphatic carbocycles. The second-order valence-electron chi connectivity index (χ2n) is 4.39. The SMILES string of the molecule is CCCOCCC(N)c1ccccc1OCCC. The summed E-state index contributed by atoms with van der Waals surface area (Å²) in [5, 5.41) is 0. The van der Waals surface area contributed by atoms with Crippen LogP contribution in [-0.2, 0) is 4.74 Å². The highest BCUT2D eigenvalue weighted by atomic mass is 16.5. The topological polar surface area (TPSA) is 44.5 Å². The maximum atomic E-state index is 6.19. The molecule has 0 aromatic heterocycles. The highest BCUT2D eigenvalue weighted by Crippen LogP contribution is 2.25. The van der Waals surface area contributed by atoms with Gasteiger partial charge in [0, 0.05) is 24.8 Å². The summed E-state index contributed by atoms with van der Waals surface area (Å²) in [6, 6.07) is 7.98. The number of hydrogen-bond acceptors (Lipinski definition) is 3. The van der Waals surface area contributed by atoms with Gasteiger partial charge in [-0.1, -0.05) is 32.0 Å². The van der Waals surface area contributed by atoms with Crippen molar-refractivity contribution in [3.8, 4) is 5.75 Å². The smallest absolute Gasteiger partial charge is 0.124 e. The van der Waals surface area contributed by atoms with Crippen molar-refractivity contribution in [2.45, 2.75) is 39.2 Å². The first-order valence-electron chi connectivity index (χ1n) is 6.84. The number of benzene rings is 1. The molecule has 0 aliphatic rings. The lowest BCUT2D eigenvalue weighted by Crippen LogP contribution is -2.15. The van der Waals surface area contributed by atoms with E-state index in [1.807, 2.05) is 24.3 Å². The number of nitrogens with two attached hydrogens (primary N) is 1. The molecule has 1 aromatic rings. The Morgan fingerprint density at radius 1 is 1.06 bits per heavy atom. The maximum absolute atomic E-state index is 6.19. The van der Waals surface area contributed by atoms with E-state index in [1.165, 1.54) is 0 Å².